The van der Waals surface area contributed by atoms with Crippen LogP contribution >= 0.6 is 0 Å². The number of aromatic amines is 1. The van der Waals surface area contributed by atoms with Gasteiger partial charge >= 0.3 is 0 Å². The van der Waals surface area contributed by atoms with Gasteiger partial charge in [-0.25, -0.2) is 24.3 Å². The molecule has 1 saturated carbocycles. The molecule has 0 unspecified atom stereocenters. The summed E-state index contributed by atoms with van der Waals surface area (Å²) >= 11 is 0. The van der Waals surface area contributed by atoms with Crippen molar-refractivity contribution in [3.05, 3.63) is 78.4 Å². The zero-order chi connectivity index (χ0) is 23.1. The van der Waals surface area contributed by atoms with E-state index in [2.05, 4.69) is 42.0 Å². The fraction of sp³-hybridized carbons (Fsp3) is 0.280. The lowest BCUT2D eigenvalue weighted by Crippen LogP contribution is -2.34. The van der Waals surface area contributed by atoms with Crippen LogP contribution in [0.4, 0.5) is 10.2 Å². The van der Waals surface area contributed by atoms with Gasteiger partial charge in [-0.15, -0.1) is 0 Å². The summed E-state index contributed by atoms with van der Waals surface area (Å²) in [6.45, 7) is 2.62. The van der Waals surface area contributed by atoms with Crippen LogP contribution in [0.2, 0.25) is 0 Å². The maximum atomic E-state index is 14.2. The third-order valence-corrected chi connectivity index (χ3v) is 6.41. The molecule has 3 aromatic heterocycles. The van der Waals surface area contributed by atoms with E-state index in [1.54, 1.807) is 18.5 Å². The van der Waals surface area contributed by atoms with Crippen LogP contribution in [0.5, 0.6) is 0 Å². The molecular weight excluding hydrogens is 433 g/mol. The molecule has 0 bridgehead atoms. The number of halogens is 1. The van der Waals surface area contributed by atoms with E-state index >= 15 is 0 Å². The van der Waals surface area contributed by atoms with Crippen molar-refractivity contribution >= 4 is 28.0 Å². The number of benzene rings is 2. The van der Waals surface area contributed by atoms with Crippen LogP contribution in [0.1, 0.15) is 43.2 Å². The largest absolute Gasteiger partial charge is 0.373 e. The Bertz CT molecular complexity index is 1440. The van der Waals surface area contributed by atoms with Crippen molar-refractivity contribution in [2.24, 2.45) is 0 Å². The number of H-pyrrole nitrogens is 1. The molecule has 2 aromatic carbocycles. The van der Waals surface area contributed by atoms with E-state index in [9.17, 15) is 4.39 Å². The van der Waals surface area contributed by atoms with Gasteiger partial charge in [0.25, 0.3) is 0 Å². The Morgan fingerprint density at radius 1 is 1.15 bits per heavy atom. The normalized spacial score (nSPS) is 18.8. The Morgan fingerprint density at radius 2 is 2.00 bits per heavy atom. The molecule has 8 nitrogen and oxygen atoms in total. The van der Waals surface area contributed by atoms with Gasteiger partial charge in [-0.2, -0.15) is 0 Å². The molecule has 0 amide bonds. The minimum Gasteiger partial charge on any atom is -0.373 e. The Labute approximate surface area is 195 Å². The second kappa shape index (κ2) is 8.49. The van der Waals surface area contributed by atoms with Crippen LogP contribution in [0, 0.1) is 5.82 Å². The topological polar surface area (TPSA) is 93.5 Å². The highest BCUT2D eigenvalue weighted by Crippen LogP contribution is 2.40. The third-order valence-electron chi connectivity index (χ3n) is 6.41. The van der Waals surface area contributed by atoms with Gasteiger partial charge in [0.15, 0.2) is 11.5 Å². The van der Waals surface area contributed by atoms with E-state index in [1.165, 1.54) is 12.4 Å². The molecule has 0 spiro atoms. The summed E-state index contributed by atoms with van der Waals surface area (Å²) in [5, 5.41) is 3.43. The fourth-order valence-electron chi connectivity index (χ4n) is 4.59. The Morgan fingerprint density at radius 3 is 2.85 bits per heavy atom. The number of fused-ring (bicyclic) bond motifs is 2. The molecule has 1 aliphatic rings. The molecule has 2 N–H and O–H groups in total. The maximum absolute atomic E-state index is 14.2. The van der Waals surface area contributed by atoms with Crippen molar-refractivity contribution in [3.8, 4) is 0 Å². The molecule has 6 rings (SSSR count). The third kappa shape index (κ3) is 3.77. The first-order valence-corrected chi connectivity index (χ1v) is 11.4. The lowest BCUT2D eigenvalue weighted by atomic mass is 9.88. The fourth-order valence-corrected chi connectivity index (χ4v) is 4.59. The number of rotatable bonds is 7. The summed E-state index contributed by atoms with van der Waals surface area (Å²) in [5.41, 5.74) is 4.06. The highest BCUT2D eigenvalue weighted by atomic mass is 19.1. The molecular formula is C25H24FN7O. The van der Waals surface area contributed by atoms with Crippen molar-refractivity contribution in [3.63, 3.8) is 0 Å². The molecule has 9 heteroatoms. The lowest BCUT2D eigenvalue weighted by molar-refractivity contribution is -0.0354. The zero-order valence-corrected chi connectivity index (χ0v) is 18.6. The maximum Gasteiger partial charge on any atom is 0.182 e. The molecule has 3 heterocycles. The second-order valence-corrected chi connectivity index (χ2v) is 8.71. The first-order chi connectivity index (χ1) is 16.7. The average Bonchev–Trinajstić information content (AvgIpc) is 3.44. The molecule has 1 atom stereocenters. The molecule has 0 aliphatic heterocycles. The number of anilines is 1. The van der Waals surface area contributed by atoms with Crippen LogP contribution in [0.3, 0.4) is 0 Å². The Kier molecular flexibility index (Phi) is 5.18. The van der Waals surface area contributed by atoms with Gasteiger partial charge in [-0.3, -0.25) is 0 Å². The van der Waals surface area contributed by atoms with E-state index in [-0.39, 0.29) is 24.0 Å². The van der Waals surface area contributed by atoms with Crippen molar-refractivity contribution < 1.29 is 9.13 Å². The number of ether oxygens (including phenoxy) is 1. The smallest absolute Gasteiger partial charge is 0.182 e. The molecule has 5 aromatic rings. The van der Waals surface area contributed by atoms with Crippen LogP contribution < -0.4 is 5.32 Å². The lowest BCUT2D eigenvalue weighted by Gasteiger charge is -2.37. The summed E-state index contributed by atoms with van der Waals surface area (Å²) in [5.74, 6) is 1.21. The first-order valence-electron chi connectivity index (χ1n) is 11.4. The SMILES string of the molecule is C[C@H](Nc1ncnc2nc[nH]c12)c1nc2ccc(F)cc2n1C1CC(OCc2ccccc2)C1. The van der Waals surface area contributed by atoms with Crippen LogP contribution in [0.25, 0.3) is 22.2 Å². The van der Waals surface area contributed by atoms with Crippen LogP contribution in [0.15, 0.2) is 61.2 Å². The quantitative estimate of drug-likeness (QED) is 0.360. The van der Waals surface area contributed by atoms with Crippen molar-refractivity contribution in [1.82, 2.24) is 29.5 Å². The molecule has 1 aliphatic carbocycles. The monoisotopic (exact) mass is 457 g/mol. The van der Waals surface area contributed by atoms with Crippen LogP contribution in [-0.4, -0.2) is 35.6 Å². The molecule has 34 heavy (non-hydrogen) atoms. The van der Waals surface area contributed by atoms with E-state index in [4.69, 9.17) is 9.72 Å². The Balaban J connectivity index is 1.26. The summed E-state index contributed by atoms with van der Waals surface area (Å²) in [6.07, 6.45) is 4.95. The first kappa shape index (κ1) is 20.7. The molecule has 0 saturated heterocycles. The summed E-state index contributed by atoms with van der Waals surface area (Å²) < 4.78 is 22.4. The van der Waals surface area contributed by atoms with Gasteiger partial charge in [0.05, 0.1) is 36.1 Å². The van der Waals surface area contributed by atoms with Gasteiger partial charge in [-0.1, -0.05) is 30.3 Å². The minimum atomic E-state index is -0.271. The predicted molar refractivity (Wildman–Crippen MR) is 127 cm³/mol. The number of nitrogens with zero attached hydrogens (tertiary/aromatic N) is 5. The van der Waals surface area contributed by atoms with E-state index < -0.39 is 0 Å². The minimum absolute atomic E-state index is 0.166. The van der Waals surface area contributed by atoms with Gasteiger partial charge in [0.2, 0.25) is 0 Å². The van der Waals surface area contributed by atoms with Gasteiger partial charge < -0.3 is 19.6 Å². The standard InChI is InChI=1S/C25H24FN7O/c1-15(31-24-22-23(28-13-27-22)29-14-30-24)25-32-20-8-7-17(26)9-21(20)33(25)18-10-19(11-18)34-12-16-5-3-2-4-6-16/h2-9,13-15,18-19H,10-12H2,1H3,(H2,27,28,29,30,31)/t15-,18?,19?/m0/s1. The summed E-state index contributed by atoms with van der Waals surface area (Å²) in [6, 6.07) is 14.9. The van der Waals surface area contributed by atoms with Gasteiger partial charge in [-0.05, 0) is 43.5 Å². The van der Waals surface area contributed by atoms with Gasteiger partial charge in [0.1, 0.15) is 23.5 Å². The number of aromatic nitrogens is 6. The molecule has 1 fully saturated rings. The molecule has 0 radical (unpaired) electrons. The number of nitrogens with one attached hydrogen (secondary N) is 2. The Hall–Kier alpha value is -3.85. The van der Waals surface area contributed by atoms with E-state index in [0.29, 0.717) is 18.1 Å². The summed E-state index contributed by atoms with van der Waals surface area (Å²) in [4.78, 5) is 20.7. The van der Waals surface area contributed by atoms with Crippen molar-refractivity contribution in [2.45, 2.75) is 44.6 Å². The van der Waals surface area contributed by atoms with E-state index in [1.807, 2.05) is 25.1 Å². The summed E-state index contributed by atoms with van der Waals surface area (Å²) in [7, 11) is 0. The predicted octanol–water partition coefficient (Wildman–Crippen LogP) is 4.94. The number of hydrogen-bond donors (Lipinski definition) is 2. The van der Waals surface area contributed by atoms with Crippen LogP contribution in [-0.2, 0) is 11.3 Å². The van der Waals surface area contributed by atoms with Crippen molar-refractivity contribution in [1.29, 1.82) is 0 Å². The molecule has 172 valence electrons. The van der Waals surface area contributed by atoms with E-state index in [0.717, 1.165) is 40.8 Å². The van der Waals surface area contributed by atoms with Gasteiger partial charge in [0, 0.05) is 6.04 Å². The number of hydrogen-bond acceptors (Lipinski definition) is 6. The average molecular weight is 458 g/mol. The highest BCUT2D eigenvalue weighted by molar-refractivity contribution is 5.82. The number of imidazole rings is 2. The second-order valence-electron chi connectivity index (χ2n) is 8.71. The highest BCUT2D eigenvalue weighted by Gasteiger charge is 2.35. The van der Waals surface area contributed by atoms with Crippen molar-refractivity contribution in [2.75, 3.05) is 5.32 Å². The zero-order valence-electron chi connectivity index (χ0n) is 18.6.